The summed E-state index contributed by atoms with van der Waals surface area (Å²) in [6, 6.07) is 15.8. The Morgan fingerprint density at radius 2 is 1.06 bits per heavy atom. The molecule has 2 aliphatic heterocycles. The summed E-state index contributed by atoms with van der Waals surface area (Å²) in [6.07, 6.45) is 13.4. The number of hydrogen-bond donors (Lipinski definition) is 0. The minimum absolute atomic E-state index is 0.189. The Morgan fingerprint density at radius 3 is 1.47 bits per heavy atom. The lowest BCUT2D eigenvalue weighted by molar-refractivity contribution is 0.319. The third-order valence-electron chi connectivity index (χ3n) is 13.2. The van der Waals surface area contributed by atoms with Crippen molar-refractivity contribution in [1.82, 2.24) is 49.3 Å². The summed E-state index contributed by atoms with van der Waals surface area (Å²) < 4.78 is 58.7. The van der Waals surface area contributed by atoms with Gasteiger partial charge in [0.05, 0.1) is 0 Å². The number of likely N-dealkylation sites (tertiary alicyclic amines) is 2. The van der Waals surface area contributed by atoms with Crippen molar-refractivity contribution in [2.24, 2.45) is 24.9 Å². The highest BCUT2D eigenvalue weighted by Crippen LogP contribution is 2.65. The van der Waals surface area contributed by atoms with E-state index in [4.69, 9.17) is 0 Å². The lowest BCUT2D eigenvalue weighted by Crippen LogP contribution is -2.23. The topological polar surface area (TPSA) is 93.7 Å². The largest absolute Gasteiger partial charge is 0.305 e. The molecule has 4 aliphatic rings. The number of halogens is 4. The van der Waals surface area contributed by atoms with E-state index in [0.29, 0.717) is 11.1 Å². The molecule has 0 N–H and O–H groups in total. The van der Waals surface area contributed by atoms with Gasteiger partial charge in [0, 0.05) is 86.7 Å². The van der Waals surface area contributed by atoms with E-state index < -0.39 is 23.3 Å². The number of aromatic nitrogens is 8. The molecule has 0 radical (unpaired) electrons. The molecule has 2 spiro atoms. The maximum absolute atomic E-state index is 14.2. The molecular formula is C46H50F4N10S2. The van der Waals surface area contributed by atoms with Crippen LogP contribution in [0.4, 0.5) is 17.6 Å². The highest BCUT2D eigenvalue weighted by Gasteiger charge is 2.59. The summed E-state index contributed by atoms with van der Waals surface area (Å²) in [7, 11) is 3.97. The molecule has 2 saturated carbocycles. The second-order valence-electron chi connectivity index (χ2n) is 17.2. The summed E-state index contributed by atoms with van der Waals surface area (Å²) in [5, 5.41) is 19.1. The SMILES string of the molecule is Cn1c(SCCCN2CC[C@@]3(C[C@H]3c3ccc(F)cc3F)C2)nnc1-c1cccnc1.Cn1c(SCCCN2CC[C@]3(C[C@@H]3c3ccc(F)cc3F)C2)nnc1-c1cccnc1. The van der Waals surface area contributed by atoms with E-state index in [0.717, 1.165) is 135 Å². The third kappa shape index (κ3) is 9.20. The van der Waals surface area contributed by atoms with Crippen LogP contribution in [0.15, 0.2) is 95.8 Å². The van der Waals surface area contributed by atoms with Crippen LogP contribution < -0.4 is 0 Å². The van der Waals surface area contributed by atoms with Gasteiger partial charge in [0.15, 0.2) is 22.0 Å². The highest BCUT2D eigenvalue weighted by molar-refractivity contribution is 7.99. The summed E-state index contributed by atoms with van der Waals surface area (Å²) in [6.45, 7) is 6.18. The van der Waals surface area contributed by atoms with Gasteiger partial charge >= 0.3 is 0 Å². The van der Waals surface area contributed by atoms with Crippen LogP contribution in [0.5, 0.6) is 0 Å². The zero-order chi connectivity index (χ0) is 42.8. The average molecular weight is 883 g/mol. The molecule has 62 heavy (non-hydrogen) atoms. The van der Waals surface area contributed by atoms with Gasteiger partial charge in [-0.1, -0.05) is 35.7 Å². The van der Waals surface area contributed by atoms with E-state index in [1.807, 2.05) is 47.5 Å². The summed E-state index contributed by atoms with van der Waals surface area (Å²) in [5.41, 5.74) is 3.67. The van der Waals surface area contributed by atoms with Gasteiger partial charge in [0.1, 0.15) is 23.3 Å². The minimum atomic E-state index is -0.503. The highest BCUT2D eigenvalue weighted by atomic mass is 32.2. The van der Waals surface area contributed by atoms with Gasteiger partial charge in [-0.05, 0) is 135 Å². The van der Waals surface area contributed by atoms with Crippen molar-refractivity contribution in [2.45, 2.75) is 60.7 Å². The Kier molecular flexibility index (Phi) is 12.5. The molecule has 6 heterocycles. The van der Waals surface area contributed by atoms with Crippen LogP contribution in [0.1, 0.15) is 61.5 Å². The van der Waals surface area contributed by atoms with Crippen molar-refractivity contribution in [3.8, 4) is 22.8 Å². The van der Waals surface area contributed by atoms with Crippen LogP contribution in [0.25, 0.3) is 22.8 Å². The molecule has 0 unspecified atom stereocenters. The molecule has 2 aliphatic carbocycles. The van der Waals surface area contributed by atoms with Crippen LogP contribution in [0.3, 0.4) is 0 Å². The molecule has 2 aromatic carbocycles. The first kappa shape index (κ1) is 42.7. The fraction of sp³-hybridized carbons (Fsp3) is 0.435. The Balaban J connectivity index is 0.000000158. The molecule has 4 fully saturated rings. The van der Waals surface area contributed by atoms with E-state index in [2.05, 4.69) is 40.2 Å². The predicted octanol–water partition coefficient (Wildman–Crippen LogP) is 9.03. The van der Waals surface area contributed by atoms with Crippen LogP contribution >= 0.6 is 23.5 Å². The fourth-order valence-corrected chi connectivity index (χ4v) is 11.3. The number of hydrogen-bond acceptors (Lipinski definition) is 10. The Hall–Kier alpha value is -4.64. The van der Waals surface area contributed by atoms with E-state index >= 15 is 0 Å². The zero-order valence-electron chi connectivity index (χ0n) is 34.9. The maximum atomic E-state index is 14.2. The van der Waals surface area contributed by atoms with E-state index in [9.17, 15) is 17.6 Å². The predicted molar refractivity (Wildman–Crippen MR) is 234 cm³/mol. The maximum Gasteiger partial charge on any atom is 0.191 e. The standard InChI is InChI=1S/2C23H25F2N5S/c2*1-29-21(16-4-2-8-26-14-16)27-28-22(29)31-11-3-9-30-10-7-23(15-30)13-19(23)18-6-5-17(24)12-20(18)25/h2*2,4-6,8,12,14,19H,3,7,9-11,13,15H2,1H3/t2*19-,23+/m10/s1. The van der Waals surface area contributed by atoms with Crippen molar-refractivity contribution in [2.75, 3.05) is 50.8 Å². The average Bonchev–Trinajstić information content (AvgIpc) is 3.77. The molecule has 2 saturated heterocycles. The molecule has 6 aromatic rings. The van der Waals surface area contributed by atoms with Crippen LogP contribution in [-0.4, -0.2) is 100 Å². The monoisotopic (exact) mass is 882 g/mol. The van der Waals surface area contributed by atoms with E-state index in [-0.39, 0.29) is 22.7 Å². The minimum Gasteiger partial charge on any atom is -0.305 e. The van der Waals surface area contributed by atoms with E-state index in [1.54, 1.807) is 60.4 Å². The van der Waals surface area contributed by atoms with Crippen LogP contribution in [-0.2, 0) is 14.1 Å². The normalized spacial score (nSPS) is 23.0. The van der Waals surface area contributed by atoms with Crippen molar-refractivity contribution >= 4 is 23.5 Å². The lowest BCUT2D eigenvalue weighted by Gasteiger charge is -2.16. The second kappa shape index (κ2) is 18.2. The van der Waals surface area contributed by atoms with Gasteiger partial charge in [-0.25, -0.2) is 17.6 Å². The Morgan fingerprint density at radius 1 is 0.613 bits per heavy atom. The number of pyridine rings is 2. The van der Waals surface area contributed by atoms with Gasteiger partial charge < -0.3 is 18.9 Å². The number of nitrogens with zero attached hydrogens (tertiary/aromatic N) is 10. The molecule has 10 nitrogen and oxygen atoms in total. The Bertz CT molecular complexity index is 2320. The molecule has 0 bridgehead atoms. The number of rotatable bonds is 14. The van der Waals surface area contributed by atoms with Crippen LogP contribution in [0.2, 0.25) is 0 Å². The first-order valence-electron chi connectivity index (χ1n) is 21.3. The number of thioether (sulfide) groups is 2. The molecular weight excluding hydrogens is 833 g/mol. The van der Waals surface area contributed by atoms with Crippen molar-refractivity contribution in [3.63, 3.8) is 0 Å². The van der Waals surface area contributed by atoms with Gasteiger partial charge in [-0.2, -0.15) is 0 Å². The first-order valence-corrected chi connectivity index (χ1v) is 23.3. The first-order chi connectivity index (χ1) is 30.1. The molecule has 10 rings (SSSR count). The third-order valence-corrected chi connectivity index (χ3v) is 15.4. The quantitative estimate of drug-likeness (QED) is 0.0600. The van der Waals surface area contributed by atoms with Crippen molar-refractivity contribution in [1.29, 1.82) is 0 Å². The molecule has 0 amide bonds. The summed E-state index contributed by atoms with van der Waals surface area (Å²) >= 11 is 3.44. The lowest BCUT2D eigenvalue weighted by atomic mass is 9.98. The molecule has 4 atom stereocenters. The van der Waals surface area contributed by atoms with Crippen molar-refractivity contribution < 1.29 is 17.6 Å². The molecule has 16 heteroatoms. The second-order valence-corrected chi connectivity index (χ2v) is 19.4. The van der Waals surface area contributed by atoms with Gasteiger partial charge in [-0.15, -0.1) is 20.4 Å². The van der Waals surface area contributed by atoms with Crippen LogP contribution in [0, 0.1) is 34.1 Å². The Labute approximate surface area is 368 Å². The smallest absolute Gasteiger partial charge is 0.191 e. The van der Waals surface area contributed by atoms with Gasteiger partial charge in [-0.3, -0.25) is 9.97 Å². The zero-order valence-corrected chi connectivity index (χ0v) is 36.6. The fourth-order valence-electron chi connectivity index (χ4n) is 9.67. The number of benzene rings is 2. The van der Waals surface area contributed by atoms with E-state index in [1.165, 1.54) is 12.1 Å². The van der Waals surface area contributed by atoms with Gasteiger partial charge in [0.25, 0.3) is 0 Å². The summed E-state index contributed by atoms with van der Waals surface area (Å²) in [5.74, 6) is 2.26. The summed E-state index contributed by atoms with van der Waals surface area (Å²) in [4.78, 5) is 13.3. The molecule has 4 aromatic heterocycles. The van der Waals surface area contributed by atoms with Gasteiger partial charge in [0.2, 0.25) is 0 Å². The molecule has 324 valence electrons. The van der Waals surface area contributed by atoms with Crippen molar-refractivity contribution in [3.05, 3.63) is 120 Å².